The molecule has 1 saturated carbocycles. The third-order valence-corrected chi connectivity index (χ3v) is 7.25. The predicted molar refractivity (Wildman–Crippen MR) is 131 cm³/mol. The summed E-state index contributed by atoms with van der Waals surface area (Å²) in [5.74, 6) is 0.975. The van der Waals surface area contributed by atoms with Crippen molar-refractivity contribution in [1.82, 2.24) is 20.0 Å². The largest absolute Gasteiger partial charge is 0.497 e. The first-order valence-electron chi connectivity index (χ1n) is 12.4. The van der Waals surface area contributed by atoms with Crippen molar-refractivity contribution in [3.8, 4) is 17.2 Å². The number of benzene rings is 1. The number of carbonyl (C=O) groups is 2. The second-order valence-corrected chi connectivity index (χ2v) is 9.72. The smallest absolute Gasteiger partial charge is 0.273 e. The van der Waals surface area contributed by atoms with Gasteiger partial charge in [-0.25, -0.2) is 0 Å². The first kappa shape index (κ1) is 23.2. The number of hydrogen-bond donors (Lipinski definition) is 1. The molecule has 1 aromatic carbocycles. The number of nitrogens with zero attached hydrogens (tertiary/aromatic N) is 3. The number of aromatic nitrogens is 2. The normalized spacial score (nSPS) is 20.9. The number of methoxy groups -OCH3 is 1. The molecule has 2 amide bonds. The van der Waals surface area contributed by atoms with Gasteiger partial charge in [0.05, 0.1) is 19.9 Å². The van der Waals surface area contributed by atoms with E-state index in [-0.39, 0.29) is 24.4 Å². The van der Waals surface area contributed by atoms with E-state index >= 15 is 0 Å². The first-order chi connectivity index (χ1) is 17.0. The molecule has 8 nitrogen and oxygen atoms in total. The Kier molecular flexibility index (Phi) is 6.36. The van der Waals surface area contributed by atoms with E-state index in [1.165, 1.54) is 12.8 Å². The van der Waals surface area contributed by atoms with Crippen LogP contribution in [-0.2, 0) is 17.9 Å². The molecule has 184 valence electrons. The molecule has 1 fully saturated rings. The van der Waals surface area contributed by atoms with Crippen molar-refractivity contribution in [1.29, 1.82) is 0 Å². The Morgan fingerprint density at radius 3 is 2.57 bits per heavy atom. The molecule has 35 heavy (non-hydrogen) atoms. The zero-order chi connectivity index (χ0) is 24.4. The van der Waals surface area contributed by atoms with Gasteiger partial charge in [0, 0.05) is 18.7 Å². The fourth-order valence-corrected chi connectivity index (χ4v) is 5.11. The maximum absolute atomic E-state index is 13.8. The molecule has 0 radical (unpaired) electrons. The molecule has 0 unspecified atom stereocenters. The van der Waals surface area contributed by atoms with Gasteiger partial charge in [-0.3, -0.25) is 14.3 Å². The van der Waals surface area contributed by atoms with Crippen LogP contribution < -0.4 is 10.1 Å². The molecular weight excluding hydrogens is 444 g/mol. The topological polar surface area (TPSA) is 89.6 Å². The van der Waals surface area contributed by atoms with Crippen molar-refractivity contribution in [3.63, 3.8) is 0 Å². The Labute approximate surface area is 205 Å². The molecule has 2 aliphatic rings. The Hall–Kier alpha value is -3.55. The van der Waals surface area contributed by atoms with Crippen molar-refractivity contribution in [2.75, 3.05) is 7.11 Å². The van der Waals surface area contributed by atoms with E-state index in [9.17, 15) is 9.59 Å². The number of ether oxygens (including phenoxy) is 1. The number of hydrogen-bond acceptors (Lipinski definition) is 5. The number of furan rings is 1. The molecule has 1 aliphatic heterocycles. The van der Waals surface area contributed by atoms with E-state index in [1.54, 1.807) is 35.1 Å². The number of carbonyl (C=O) groups excluding carboxylic acids is 2. The zero-order valence-corrected chi connectivity index (χ0v) is 20.3. The lowest BCUT2D eigenvalue weighted by atomic mass is 9.93. The maximum Gasteiger partial charge on any atom is 0.273 e. The van der Waals surface area contributed by atoms with Gasteiger partial charge in [0.15, 0.2) is 5.76 Å². The summed E-state index contributed by atoms with van der Waals surface area (Å²) < 4.78 is 12.4. The number of nitrogens with one attached hydrogen (secondary N) is 1. The minimum absolute atomic E-state index is 0.132. The number of amides is 2. The summed E-state index contributed by atoms with van der Waals surface area (Å²) in [5.41, 5.74) is 0.857. The van der Waals surface area contributed by atoms with Crippen LogP contribution in [0.1, 0.15) is 61.5 Å². The molecule has 0 spiro atoms. The van der Waals surface area contributed by atoms with Crippen molar-refractivity contribution in [2.45, 2.75) is 70.1 Å². The summed E-state index contributed by atoms with van der Waals surface area (Å²) in [4.78, 5) is 29.3. The highest BCUT2D eigenvalue weighted by Gasteiger charge is 2.48. The van der Waals surface area contributed by atoms with Gasteiger partial charge >= 0.3 is 0 Å². The lowest BCUT2D eigenvalue weighted by molar-refractivity contribution is -0.134. The third kappa shape index (κ3) is 4.57. The first-order valence-corrected chi connectivity index (χ1v) is 12.4. The highest BCUT2D eigenvalue weighted by molar-refractivity contribution is 6.00. The Balaban J connectivity index is 1.48. The molecule has 1 aliphatic carbocycles. The second kappa shape index (κ2) is 9.60. The molecule has 0 saturated heterocycles. The summed E-state index contributed by atoms with van der Waals surface area (Å²) >= 11 is 0. The van der Waals surface area contributed by atoms with Crippen LogP contribution in [0.2, 0.25) is 0 Å². The minimum atomic E-state index is -1.09. The summed E-state index contributed by atoms with van der Waals surface area (Å²) in [6, 6.07) is 13.1. The molecule has 3 heterocycles. The van der Waals surface area contributed by atoms with E-state index in [2.05, 4.69) is 10.4 Å². The molecule has 3 aromatic rings. The highest BCUT2D eigenvalue weighted by Crippen LogP contribution is 2.32. The van der Waals surface area contributed by atoms with Gasteiger partial charge < -0.3 is 19.4 Å². The predicted octanol–water partition coefficient (Wildman–Crippen LogP) is 4.41. The van der Waals surface area contributed by atoms with Crippen LogP contribution in [0, 0.1) is 0 Å². The minimum Gasteiger partial charge on any atom is -0.497 e. The Morgan fingerprint density at radius 2 is 1.91 bits per heavy atom. The summed E-state index contributed by atoms with van der Waals surface area (Å²) in [5, 5.41) is 7.90. The van der Waals surface area contributed by atoms with Gasteiger partial charge in [-0.1, -0.05) is 37.8 Å². The van der Waals surface area contributed by atoms with Gasteiger partial charge in [0.1, 0.15) is 22.7 Å². The van der Waals surface area contributed by atoms with Crippen molar-refractivity contribution in [3.05, 3.63) is 60.0 Å². The molecule has 2 aromatic heterocycles. The molecule has 0 bridgehead atoms. The summed E-state index contributed by atoms with van der Waals surface area (Å²) in [6.45, 7) is 2.42. The van der Waals surface area contributed by atoms with Gasteiger partial charge in [0.25, 0.3) is 5.91 Å². The van der Waals surface area contributed by atoms with Gasteiger partial charge in [0.2, 0.25) is 5.91 Å². The van der Waals surface area contributed by atoms with Crippen molar-refractivity contribution in [2.24, 2.45) is 0 Å². The van der Waals surface area contributed by atoms with E-state index < -0.39 is 5.54 Å². The molecule has 5 rings (SSSR count). The average molecular weight is 477 g/mol. The van der Waals surface area contributed by atoms with Crippen LogP contribution in [0.4, 0.5) is 0 Å². The van der Waals surface area contributed by atoms with Crippen LogP contribution in [0.5, 0.6) is 5.75 Å². The highest BCUT2D eigenvalue weighted by atomic mass is 16.5. The maximum atomic E-state index is 13.8. The fourth-order valence-electron chi connectivity index (χ4n) is 5.11. The molecular formula is C27H32N4O4. The second-order valence-electron chi connectivity index (χ2n) is 9.72. The lowest BCUT2D eigenvalue weighted by Crippen LogP contribution is -2.64. The lowest BCUT2D eigenvalue weighted by Gasteiger charge is -2.44. The van der Waals surface area contributed by atoms with Crippen LogP contribution in [-0.4, -0.2) is 45.2 Å². The number of fused-ring (bicyclic) bond motifs is 1. The van der Waals surface area contributed by atoms with E-state index in [1.807, 2.05) is 37.3 Å². The molecule has 1 atom stereocenters. The van der Waals surface area contributed by atoms with Crippen LogP contribution in [0.3, 0.4) is 0 Å². The van der Waals surface area contributed by atoms with Crippen LogP contribution >= 0.6 is 0 Å². The standard InChI is InChI=1S/C27H32N4O4/c1-27(26(33)28-20-8-5-3-4-6-9-20)18-31-23(16-22(29-31)24-10-7-15-35-24)25(32)30(27)17-19-11-13-21(34-2)14-12-19/h7,10-16,20H,3-6,8-9,17-18H2,1-2H3,(H,28,33)/t27-/m1/s1. The van der Waals surface area contributed by atoms with E-state index in [0.29, 0.717) is 23.7 Å². The Morgan fingerprint density at radius 1 is 1.17 bits per heavy atom. The Bertz CT molecular complexity index is 1180. The summed E-state index contributed by atoms with van der Waals surface area (Å²) in [6.07, 6.45) is 8.18. The van der Waals surface area contributed by atoms with E-state index in [0.717, 1.165) is 37.0 Å². The van der Waals surface area contributed by atoms with Crippen LogP contribution in [0.25, 0.3) is 11.5 Å². The molecule has 1 N–H and O–H groups in total. The monoisotopic (exact) mass is 476 g/mol. The van der Waals surface area contributed by atoms with Crippen molar-refractivity contribution < 1.29 is 18.7 Å². The SMILES string of the molecule is COc1ccc(CN2C(=O)c3cc(-c4ccco4)nn3C[C@]2(C)C(=O)NC2CCCCCC2)cc1. The van der Waals surface area contributed by atoms with E-state index in [4.69, 9.17) is 9.15 Å². The summed E-state index contributed by atoms with van der Waals surface area (Å²) in [7, 11) is 1.62. The van der Waals surface area contributed by atoms with Crippen molar-refractivity contribution >= 4 is 11.8 Å². The quantitative estimate of drug-likeness (QED) is 0.533. The number of rotatable bonds is 6. The fraction of sp³-hybridized carbons (Fsp3) is 0.444. The van der Waals surface area contributed by atoms with Gasteiger partial charge in [-0.05, 0) is 49.6 Å². The zero-order valence-electron chi connectivity index (χ0n) is 20.3. The average Bonchev–Trinajstić information content (AvgIpc) is 3.47. The van der Waals surface area contributed by atoms with Crippen LogP contribution in [0.15, 0.2) is 53.1 Å². The molecule has 8 heteroatoms. The van der Waals surface area contributed by atoms with Gasteiger partial charge in [-0.2, -0.15) is 5.10 Å². The third-order valence-electron chi connectivity index (χ3n) is 7.25. The van der Waals surface area contributed by atoms with Gasteiger partial charge in [-0.15, -0.1) is 0 Å².